The summed E-state index contributed by atoms with van der Waals surface area (Å²) in [5.41, 5.74) is 1.94. The third kappa shape index (κ3) is 5.12. The lowest BCUT2D eigenvalue weighted by atomic mass is 10.2. The Kier molecular flexibility index (Phi) is 6.99. The van der Waals surface area contributed by atoms with E-state index in [2.05, 4.69) is 15.9 Å². The predicted octanol–water partition coefficient (Wildman–Crippen LogP) is 6.44. The van der Waals surface area contributed by atoms with Crippen LogP contribution in [0.2, 0.25) is 0 Å². The Balaban J connectivity index is 0.000000235. The van der Waals surface area contributed by atoms with Crippen molar-refractivity contribution >= 4 is 42.5 Å². The van der Waals surface area contributed by atoms with Crippen molar-refractivity contribution in [1.29, 1.82) is 0 Å². The van der Waals surface area contributed by atoms with E-state index in [0.29, 0.717) is 15.4 Å². The van der Waals surface area contributed by atoms with E-state index in [4.69, 9.17) is 0 Å². The second-order valence-corrected chi connectivity index (χ2v) is 10.1. The Morgan fingerprint density at radius 1 is 0.879 bits per heavy atom. The number of halogens is 3. The van der Waals surface area contributed by atoms with Gasteiger partial charge < -0.3 is 0 Å². The van der Waals surface area contributed by atoms with Gasteiger partial charge in [-0.3, -0.25) is 10.1 Å². The van der Waals surface area contributed by atoms with Gasteiger partial charge in [-0.2, -0.15) is 4.39 Å². The molecule has 0 atom stereocenters. The highest BCUT2D eigenvalue weighted by Crippen LogP contribution is 2.32. The van der Waals surface area contributed by atoms with Gasteiger partial charge in [0, 0.05) is 22.1 Å². The average Bonchev–Trinajstić information content (AvgIpc) is 3.06. The molecule has 0 amide bonds. The van der Waals surface area contributed by atoms with Crippen molar-refractivity contribution in [2.45, 2.75) is 25.7 Å². The molecule has 172 valence electrons. The fourth-order valence-electron chi connectivity index (χ4n) is 3.15. The first-order valence-corrected chi connectivity index (χ1v) is 11.8. The molecule has 0 saturated heterocycles. The highest BCUT2D eigenvalue weighted by molar-refractivity contribution is 9.10. The van der Waals surface area contributed by atoms with E-state index >= 15 is 0 Å². The number of nitrogens with zero attached hydrogens (tertiary/aromatic N) is 2. The Hall–Kier alpha value is -3.11. The van der Waals surface area contributed by atoms with Gasteiger partial charge >= 0.3 is 5.69 Å². The minimum absolute atomic E-state index is 0.0538. The quantitative estimate of drug-likeness (QED) is 0.223. The molecular weight excluding hydrogens is 518 g/mol. The second-order valence-electron chi connectivity index (χ2n) is 7.45. The molecular formula is C23H19BrF2N2O4S. The van der Waals surface area contributed by atoms with Crippen LogP contribution >= 0.6 is 15.9 Å². The van der Waals surface area contributed by atoms with Crippen molar-refractivity contribution in [3.05, 3.63) is 104 Å². The highest BCUT2D eigenvalue weighted by Gasteiger charge is 2.23. The van der Waals surface area contributed by atoms with Gasteiger partial charge in [-0.15, -0.1) is 0 Å². The van der Waals surface area contributed by atoms with E-state index in [0.717, 1.165) is 27.2 Å². The SMILES string of the molecule is Cc1ccc(S(=O)(=O)n2cc(Br)c3cc(C)cc(F)c32)cc1.Cc1ccc([N+](=O)[O-])c(F)c1. The first-order chi connectivity index (χ1) is 15.4. The molecule has 0 unspecified atom stereocenters. The Labute approximate surface area is 197 Å². The van der Waals surface area contributed by atoms with Crippen LogP contribution in [0.3, 0.4) is 0 Å². The van der Waals surface area contributed by atoms with Crippen LogP contribution in [0.25, 0.3) is 10.9 Å². The third-order valence-electron chi connectivity index (χ3n) is 4.79. The molecule has 4 rings (SSSR count). The van der Waals surface area contributed by atoms with Crippen molar-refractivity contribution in [2.24, 2.45) is 0 Å². The van der Waals surface area contributed by atoms with Crippen molar-refractivity contribution in [1.82, 2.24) is 3.97 Å². The molecule has 1 heterocycles. The summed E-state index contributed by atoms with van der Waals surface area (Å²) in [6.45, 7) is 5.31. The molecule has 0 saturated carbocycles. The summed E-state index contributed by atoms with van der Waals surface area (Å²) in [7, 11) is -3.85. The van der Waals surface area contributed by atoms with Crippen LogP contribution in [0.15, 0.2) is 70.2 Å². The van der Waals surface area contributed by atoms with Crippen LogP contribution in [0, 0.1) is 42.5 Å². The third-order valence-corrected chi connectivity index (χ3v) is 7.10. The molecule has 0 aliphatic rings. The summed E-state index contributed by atoms with van der Waals surface area (Å²) >= 11 is 3.31. The van der Waals surface area contributed by atoms with Gasteiger partial charge in [0.1, 0.15) is 11.3 Å². The largest absolute Gasteiger partial charge is 0.304 e. The number of rotatable bonds is 3. The van der Waals surface area contributed by atoms with Gasteiger partial charge in [0.25, 0.3) is 10.0 Å². The summed E-state index contributed by atoms with van der Waals surface area (Å²) in [4.78, 5) is 9.48. The molecule has 4 aromatic rings. The number of benzene rings is 3. The summed E-state index contributed by atoms with van der Waals surface area (Å²) < 4.78 is 54.1. The number of hydrogen-bond donors (Lipinski definition) is 0. The molecule has 0 radical (unpaired) electrons. The number of nitro groups is 1. The minimum atomic E-state index is -3.85. The van der Waals surface area contributed by atoms with Gasteiger partial charge in [-0.1, -0.05) is 23.8 Å². The molecule has 33 heavy (non-hydrogen) atoms. The van der Waals surface area contributed by atoms with Crippen LogP contribution in [0.4, 0.5) is 14.5 Å². The molecule has 0 fully saturated rings. The second kappa shape index (κ2) is 9.40. The van der Waals surface area contributed by atoms with Crippen molar-refractivity contribution in [3.8, 4) is 0 Å². The maximum absolute atomic E-state index is 14.3. The van der Waals surface area contributed by atoms with E-state index in [1.807, 2.05) is 6.92 Å². The Morgan fingerprint density at radius 3 is 2.03 bits per heavy atom. The summed E-state index contributed by atoms with van der Waals surface area (Å²) in [6.07, 6.45) is 1.39. The maximum atomic E-state index is 14.3. The molecule has 10 heteroatoms. The van der Waals surface area contributed by atoms with Gasteiger partial charge in [0.2, 0.25) is 5.82 Å². The number of aryl methyl sites for hydroxylation is 3. The van der Waals surface area contributed by atoms with Crippen molar-refractivity contribution < 1.29 is 22.1 Å². The smallest absolute Gasteiger partial charge is 0.258 e. The van der Waals surface area contributed by atoms with E-state index in [1.165, 1.54) is 30.5 Å². The summed E-state index contributed by atoms with van der Waals surface area (Å²) in [5, 5.41) is 10.6. The lowest BCUT2D eigenvalue weighted by Gasteiger charge is -2.08. The van der Waals surface area contributed by atoms with Gasteiger partial charge in [-0.05, 0) is 78.2 Å². The average molecular weight is 537 g/mol. The first kappa shape index (κ1) is 24.5. The number of nitro benzene ring substituents is 1. The van der Waals surface area contributed by atoms with Crippen LogP contribution in [-0.2, 0) is 10.0 Å². The van der Waals surface area contributed by atoms with Gasteiger partial charge in [-0.25, -0.2) is 16.8 Å². The predicted molar refractivity (Wildman–Crippen MR) is 126 cm³/mol. The van der Waals surface area contributed by atoms with E-state index in [9.17, 15) is 27.3 Å². The van der Waals surface area contributed by atoms with Gasteiger partial charge in [0.15, 0.2) is 0 Å². The lowest BCUT2D eigenvalue weighted by molar-refractivity contribution is -0.387. The lowest BCUT2D eigenvalue weighted by Crippen LogP contribution is -2.12. The standard InChI is InChI=1S/C16H13BrFNO2S.C7H6FNO2/c1-10-3-5-12(6-4-10)22(20,21)19-9-14(17)13-7-11(2)8-15(18)16(13)19;1-5-2-3-7(9(10)11)6(8)4-5/h3-9H,1-2H3;2-4H,1H3. The van der Waals surface area contributed by atoms with E-state index < -0.39 is 32.3 Å². The molecule has 0 aliphatic heterocycles. The van der Waals surface area contributed by atoms with Crippen LogP contribution in [0.1, 0.15) is 16.7 Å². The number of fused-ring (bicyclic) bond motifs is 1. The molecule has 0 N–H and O–H groups in total. The minimum Gasteiger partial charge on any atom is -0.258 e. The van der Waals surface area contributed by atoms with Gasteiger partial charge in [0.05, 0.1) is 9.82 Å². The fourth-order valence-corrected chi connectivity index (χ4v) is 5.17. The molecule has 1 aromatic heterocycles. The molecule has 0 spiro atoms. The highest BCUT2D eigenvalue weighted by atomic mass is 79.9. The number of hydrogen-bond acceptors (Lipinski definition) is 4. The molecule has 0 aliphatic carbocycles. The topological polar surface area (TPSA) is 82.2 Å². The summed E-state index contributed by atoms with van der Waals surface area (Å²) in [5.74, 6) is -1.34. The molecule has 0 bridgehead atoms. The number of aromatic nitrogens is 1. The molecule has 3 aromatic carbocycles. The zero-order chi connectivity index (χ0) is 24.5. The summed E-state index contributed by atoms with van der Waals surface area (Å²) in [6, 6.07) is 13.4. The zero-order valence-corrected chi connectivity index (χ0v) is 20.2. The van der Waals surface area contributed by atoms with Crippen LogP contribution < -0.4 is 0 Å². The van der Waals surface area contributed by atoms with Crippen LogP contribution in [0.5, 0.6) is 0 Å². The maximum Gasteiger partial charge on any atom is 0.304 e. The first-order valence-electron chi connectivity index (χ1n) is 9.61. The normalized spacial score (nSPS) is 11.2. The molecule has 6 nitrogen and oxygen atoms in total. The van der Waals surface area contributed by atoms with Crippen LogP contribution in [-0.4, -0.2) is 17.3 Å². The fraction of sp³-hybridized carbons (Fsp3) is 0.130. The van der Waals surface area contributed by atoms with Crippen molar-refractivity contribution in [3.63, 3.8) is 0 Å². The Morgan fingerprint density at radius 2 is 1.45 bits per heavy atom. The van der Waals surface area contributed by atoms with Crippen molar-refractivity contribution in [2.75, 3.05) is 0 Å². The van der Waals surface area contributed by atoms with E-state index in [1.54, 1.807) is 32.0 Å². The van der Waals surface area contributed by atoms with E-state index in [-0.39, 0.29) is 10.4 Å². The zero-order valence-electron chi connectivity index (χ0n) is 17.8. The Bertz CT molecular complexity index is 1470. The monoisotopic (exact) mass is 536 g/mol.